The number of rotatable bonds is 6. The van der Waals surface area contributed by atoms with E-state index >= 15 is 0 Å². The molecule has 114 valence electrons. The van der Waals surface area contributed by atoms with E-state index in [-0.39, 0.29) is 30.0 Å². The van der Waals surface area contributed by atoms with Gasteiger partial charge in [0, 0.05) is 17.8 Å². The van der Waals surface area contributed by atoms with Crippen LogP contribution in [0.15, 0.2) is 18.2 Å². The third-order valence-corrected chi connectivity index (χ3v) is 4.19. The first-order valence-electron chi connectivity index (χ1n) is 6.02. The molecule has 2 atom stereocenters. The first-order valence-corrected chi connectivity index (χ1v) is 7.31. The molecular formula is C13H17F4NOS. The summed E-state index contributed by atoms with van der Waals surface area (Å²) in [5.41, 5.74) is -0.981. The number of hydrogen-bond donors (Lipinski definition) is 2. The number of halogens is 4. The van der Waals surface area contributed by atoms with E-state index in [1.165, 1.54) is 11.8 Å². The zero-order chi connectivity index (χ0) is 15.3. The number of thioether (sulfide) groups is 1. The van der Waals surface area contributed by atoms with Crippen molar-refractivity contribution in [2.45, 2.75) is 30.9 Å². The highest BCUT2D eigenvalue weighted by Crippen LogP contribution is 2.32. The van der Waals surface area contributed by atoms with Crippen molar-refractivity contribution in [3.05, 3.63) is 35.1 Å². The Hall–Kier alpha value is -0.790. The van der Waals surface area contributed by atoms with E-state index < -0.39 is 17.6 Å². The van der Waals surface area contributed by atoms with Gasteiger partial charge in [0.2, 0.25) is 0 Å². The Labute approximate surface area is 119 Å². The number of nitrogens with one attached hydrogen (secondary N) is 1. The molecule has 0 bridgehead atoms. The van der Waals surface area contributed by atoms with Crippen molar-refractivity contribution in [3.63, 3.8) is 0 Å². The predicted molar refractivity (Wildman–Crippen MR) is 72.1 cm³/mol. The minimum Gasteiger partial charge on any atom is -0.395 e. The Balaban J connectivity index is 2.83. The molecule has 2 N–H and O–H groups in total. The molecule has 0 aliphatic rings. The second-order valence-corrected chi connectivity index (χ2v) is 5.50. The molecule has 0 fully saturated rings. The van der Waals surface area contributed by atoms with Crippen molar-refractivity contribution >= 4 is 11.8 Å². The van der Waals surface area contributed by atoms with Gasteiger partial charge >= 0.3 is 6.18 Å². The molecule has 0 aliphatic carbocycles. The van der Waals surface area contributed by atoms with Crippen molar-refractivity contribution in [1.29, 1.82) is 0 Å². The van der Waals surface area contributed by atoms with Crippen LogP contribution in [0, 0.1) is 5.82 Å². The predicted octanol–water partition coefficient (Wildman–Crippen LogP) is 3.05. The number of hydrogen-bond acceptors (Lipinski definition) is 3. The number of benzene rings is 1. The van der Waals surface area contributed by atoms with Crippen LogP contribution in [0.1, 0.15) is 18.1 Å². The maximum absolute atomic E-state index is 13.0. The van der Waals surface area contributed by atoms with Gasteiger partial charge in [-0.3, -0.25) is 0 Å². The fourth-order valence-corrected chi connectivity index (χ4v) is 2.46. The minimum absolute atomic E-state index is 0.0106. The molecule has 0 amide bonds. The van der Waals surface area contributed by atoms with E-state index in [0.29, 0.717) is 6.07 Å². The van der Waals surface area contributed by atoms with Crippen molar-refractivity contribution in [1.82, 2.24) is 5.32 Å². The average Bonchev–Trinajstić information content (AvgIpc) is 2.37. The van der Waals surface area contributed by atoms with Gasteiger partial charge in [-0.15, -0.1) is 0 Å². The molecule has 0 saturated heterocycles. The number of aliphatic hydroxyl groups is 1. The molecule has 20 heavy (non-hydrogen) atoms. The summed E-state index contributed by atoms with van der Waals surface area (Å²) in [5, 5.41) is 11.9. The summed E-state index contributed by atoms with van der Waals surface area (Å²) in [6.45, 7) is 1.69. The second-order valence-electron chi connectivity index (χ2n) is 4.43. The third-order valence-electron chi connectivity index (χ3n) is 3.03. The highest BCUT2D eigenvalue weighted by Gasteiger charge is 2.33. The van der Waals surface area contributed by atoms with Crippen LogP contribution < -0.4 is 5.32 Å². The summed E-state index contributed by atoms with van der Waals surface area (Å²) < 4.78 is 51.4. The SMILES string of the molecule is CSC(CO)C(C)NCc1ccc(F)cc1C(F)(F)F. The van der Waals surface area contributed by atoms with Gasteiger partial charge in [0.1, 0.15) is 5.82 Å². The molecule has 0 heterocycles. The Morgan fingerprint density at radius 3 is 2.50 bits per heavy atom. The molecule has 0 spiro atoms. The van der Waals surface area contributed by atoms with Crippen molar-refractivity contribution in [2.75, 3.05) is 12.9 Å². The van der Waals surface area contributed by atoms with Crippen LogP contribution in [0.4, 0.5) is 17.6 Å². The molecule has 1 aromatic carbocycles. The van der Waals surface area contributed by atoms with Gasteiger partial charge in [0.15, 0.2) is 0 Å². The van der Waals surface area contributed by atoms with E-state index in [9.17, 15) is 17.6 Å². The van der Waals surface area contributed by atoms with Crippen LogP contribution in [0.5, 0.6) is 0 Å². The van der Waals surface area contributed by atoms with Gasteiger partial charge in [-0.25, -0.2) is 4.39 Å². The lowest BCUT2D eigenvalue weighted by Gasteiger charge is -2.22. The first kappa shape index (κ1) is 17.3. The van der Waals surface area contributed by atoms with Gasteiger partial charge in [-0.1, -0.05) is 6.07 Å². The van der Waals surface area contributed by atoms with Crippen LogP contribution >= 0.6 is 11.8 Å². The van der Waals surface area contributed by atoms with E-state index in [1.807, 2.05) is 6.26 Å². The number of aliphatic hydroxyl groups excluding tert-OH is 1. The van der Waals surface area contributed by atoms with Crippen LogP contribution in [0.25, 0.3) is 0 Å². The minimum atomic E-state index is -4.59. The smallest absolute Gasteiger partial charge is 0.395 e. The fraction of sp³-hybridized carbons (Fsp3) is 0.538. The van der Waals surface area contributed by atoms with E-state index in [4.69, 9.17) is 5.11 Å². The Morgan fingerprint density at radius 2 is 2.00 bits per heavy atom. The zero-order valence-corrected chi connectivity index (χ0v) is 12.0. The lowest BCUT2D eigenvalue weighted by atomic mass is 10.1. The summed E-state index contributed by atoms with van der Waals surface area (Å²) in [6.07, 6.45) is -2.77. The standard InChI is InChI=1S/C13H17F4NOS/c1-8(12(7-19)20-2)18-6-9-3-4-10(14)5-11(9)13(15,16)17/h3-5,8,12,18-19H,6-7H2,1-2H3. The topological polar surface area (TPSA) is 32.3 Å². The third kappa shape index (κ3) is 4.64. The summed E-state index contributed by atoms with van der Waals surface area (Å²) >= 11 is 1.43. The summed E-state index contributed by atoms with van der Waals surface area (Å²) in [4.78, 5) is 0. The van der Waals surface area contributed by atoms with E-state index in [2.05, 4.69) is 5.32 Å². The largest absolute Gasteiger partial charge is 0.416 e. The molecule has 2 nitrogen and oxygen atoms in total. The molecule has 0 aliphatic heterocycles. The van der Waals surface area contributed by atoms with Crippen LogP contribution in [-0.4, -0.2) is 29.3 Å². The molecule has 2 unspecified atom stereocenters. The van der Waals surface area contributed by atoms with Crippen LogP contribution in [0.3, 0.4) is 0 Å². The van der Waals surface area contributed by atoms with Gasteiger partial charge in [0.25, 0.3) is 0 Å². The quantitative estimate of drug-likeness (QED) is 0.792. The molecule has 0 radical (unpaired) electrons. The van der Waals surface area contributed by atoms with Crippen molar-refractivity contribution in [3.8, 4) is 0 Å². The Kier molecular flexibility index (Phi) is 6.29. The van der Waals surface area contributed by atoms with Gasteiger partial charge < -0.3 is 10.4 Å². The highest BCUT2D eigenvalue weighted by atomic mass is 32.2. The van der Waals surface area contributed by atoms with E-state index in [1.54, 1.807) is 6.92 Å². The van der Waals surface area contributed by atoms with Crippen LogP contribution in [0.2, 0.25) is 0 Å². The van der Waals surface area contributed by atoms with Crippen LogP contribution in [-0.2, 0) is 12.7 Å². The maximum Gasteiger partial charge on any atom is 0.416 e. The normalized spacial score (nSPS) is 15.2. The second kappa shape index (κ2) is 7.28. The van der Waals surface area contributed by atoms with Gasteiger partial charge in [0.05, 0.1) is 12.2 Å². The molecule has 1 aromatic rings. The average molecular weight is 311 g/mol. The molecular weight excluding hydrogens is 294 g/mol. The molecule has 1 rings (SSSR count). The molecule has 0 saturated carbocycles. The van der Waals surface area contributed by atoms with Crippen molar-refractivity contribution in [2.24, 2.45) is 0 Å². The van der Waals surface area contributed by atoms with E-state index in [0.717, 1.165) is 12.1 Å². The fourth-order valence-electron chi connectivity index (χ4n) is 1.81. The lowest BCUT2D eigenvalue weighted by Crippen LogP contribution is -2.37. The van der Waals surface area contributed by atoms with Gasteiger partial charge in [-0.05, 0) is 30.9 Å². The molecule has 0 aromatic heterocycles. The maximum atomic E-state index is 13.0. The Bertz CT molecular complexity index is 435. The van der Waals surface area contributed by atoms with Crippen molar-refractivity contribution < 1.29 is 22.7 Å². The lowest BCUT2D eigenvalue weighted by molar-refractivity contribution is -0.138. The highest BCUT2D eigenvalue weighted by molar-refractivity contribution is 7.99. The summed E-state index contributed by atoms with van der Waals surface area (Å²) in [7, 11) is 0. The summed E-state index contributed by atoms with van der Waals surface area (Å²) in [5.74, 6) is -0.911. The zero-order valence-electron chi connectivity index (χ0n) is 11.2. The first-order chi connectivity index (χ1) is 9.29. The van der Waals surface area contributed by atoms with Gasteiger partial charge in [-0.2, -0.15) is 24.9 Å². The summed E-state index contributed by atoms with van der Waals surface area (Å²) in [6, 6.07) is 2.47. The monoisotopic (exact) mass is 311 g/mol. The molecule has 7 heteroatoms. The number of alkyl halides is 3. The Morgan fingerprint density at radius 1 is 1.35 bits per heavy atom.